The molecule has 1 N–H and O–H groups in total. The summed E-state index contributed by atoms with van der Waals surface area (Å²) in [5.74, 6) is -0.298. The standard InChI is InChI=1S/C20H30O3/c1-2-3-4-5-6-9-12-17-15-16-19(21)18(17)13-10-7-8-11-14-20(22)23/h7,9-10,12,15-18H,2-6,8,11,13-14H2,1H3,(H,22,23)/b10-7-,12-9+/t17-,18+/m0/s1. The number of carbonyl (C=O) groups excluding carboxylic acids is 1. The summed E-state index contributed by atoms with van der Waals surface area (Å²) in [6.45, 7) is 2.21. The van der Waals surface area contributed by atoms with Gasteiger partial charge in [-0.1, -0.05) is 56.6 Å². The van der Waals surface area contributed by atoms with E-state index < -0.39 is 5.97 Å². The molecule has 3 nitrogen and oxygen atoms in total. The lowest BCUT2D eigenvalue weighted by atomic mass is 9.90. The van der Waals surface area contributed by atoms with Crippen molar-refractivity contribution in [1.29, 1.82) is 0 Å². The number of rotatable bonds is 12. The molecule has 1 aliphatic carbocycles. The van der Waals surface area contributed by atoms with Crippen molar-refractivity contribution in [3.63, 3.8) is 0 Å². The van der Waals surface area contributed by atoms with Crippen molar-refractivity contribution in [3.8, 4) is 0 Å². The van der Waals surface area contributed by atoms with Gasteiger partial charge in [0.2, 0.25) is 0 Å². The van der Waals surface area contributed by atoms with Gasteiger partial charge in [0.05, 0.1) is 0 Å². The van der Waals surface area contributed by atoms with Crippen LogP contribution in [0.15, 0.2) is 36.5 Å². The molecule has 0 fully saturated rings. The fourth-order valence-corrected chi connectivity index (χ4v) is 2.80. The second-order valence-corrected chi connectivity index (χ2v) is 6.22. The number of carboxylic acids is 1. The minimum absolute atomic E-state index is 0.0256. The highest BCUT2D eigenvalue weighted by atomic mass is 16.4. The Hall–Kier alpha value is -1.64. The van der Waals surface area contributed by atoms with Gasteiger partial charge in [-0.15, -0.1) is 0 Å². The molecule has 0 aromatic carbocycles. The minimum atomic E-state index is -0.752. The van der Waals surface area contributed by atoms with E-state index in [1.54, 1.807) is 6.08 Å². The van der Waals surface area contributed by atoms with Crippen molar-refractivity contribution in [2.24, 2.45) is 11.8 Å². The maximum atomic E-state index is 11.9. The molecule has 0 aromatic heterocycles. The maximum absolute atomic E-state index is 11.9. The molecule has 1 rings (SSSR count). The van der Waals surface area contributed by atoms with E-state index in [2.05, 4.69) is 19.1 Å². The van der Waals surface area contributed by atoms with E-state index in [0.29, 0.717) is 6.42 Å². The lowest BCUT2D eigenvalue weighted by Gasteiger charge is -2.12. The molecule has 0 aliphatic heterocycles. The number of hydrogen-bond acceptors (Lipinski definition) is 2. The van der Waals surface area contributed by atoms with Crippen LogP contribution in [0.5, 0.6) is 0 Å². The number of carboxylic acid groups (broad SMARTS) is 1. The summed E-state index contributed by atoms with van der Waals surface area (Å²) in [5, 5.41) is 8.58. The van der Waals surface area contributed by atoms with Crippen molar-refractivity contribution in [3.05, 3.63) is 36.5 Å². The van der Waals surface area contributed by atoms with Gasteiger partial charge < -0.3 is 5.11 Å². The van der Waals surface area contributed by atoms with Crippen LogP contribution < -0.4 is 0 Å². The van der Waals surface area contributed by atoms with Crippen LogP contribution in [0.2, 0.25) is 0 Å². The van der Waals surface area contributed by atoms with Gasteiger partial charge in [0, 0.05) is 18.3 Å². The van der Waals surface area contributed by atoms with Gasteiger partial charge in [0.15, 0.2) is 5.78 Å². The first-order chi connectivity index (χ1) is 11.1. The van der Waals surface area contributed by atoms with Crippen LogP contribution in [0.4, 0.5) is 0 Å². The summed E-state index contributed by atoms with van der Waals surface area (Å²) in [7, 11) is 0. The normalized spacial score (nSPS) is 21.0. The molecule has 0 unspecified atom stereocenters. The summed E-state index contributed by atoms with van der Waals surface area (Å²) < 4.78 is 0. The summed E-state index contributed by atoms with van der Waals surface area (Å²) >= 11 is 0. The lowest BCUT2D eigenvalue weighted by Crippen LogP contribution is -2.13. The molecule has 0 aromatic rings. The van der Waals surface area contributed by atoms with Crippen molar-refractivity contribution < 1.29 is 14.7 Å². The third-order valence-electron chi connectivity index (χ3n) is 4.21. The lowest BCUT2D eigenvalue weighted by molar-refractivity contribution is -0.137. The third kappa shape index (κ3) is 8.53. The van der Waals surface area contributed by atoms with Crippen LogP contribution in [0.1, 0.15) is 64.7 Å². The van der Waals surface area contributed by atoms with Crippen LogP contribution in [-0.2, 0) is 9.59 Å². The SMILES string of the molecule is CCCCCC/C=C/[C@H]1C=CC(=O)[C@@H]1C/C=C\CCCC(=O)O. The van der Waals surface area contributed by atoms with Gasteiger partial charge in [-0.3, -0.25) is 9.59 Å². The molecule has 0 saturated heterocycles. The molecule has 23 heavy (non-hydrogen) atoms. The highest BCUT2D eigenvalue weighted by Crippen LogP contribution is 2.27. The predicted molar refractivity (Wildman–Crippen MR) is 94.3 cm³/mol. The molecule has 0 heterocycles. The number of hydrogen-bond donors (Lipinski definition) is 1. The van der Waals surface area contributed by atoms with E-state index in [1.165, 1.54) is 25.7 Å². The Labute approximate surface area is 140 Å². The van der Waals surface area contributed by atoms with Crippen LogP contribution in [0, 0.1) is 11.8 Å². The Morgan fingerprint density at radius 3 is 2.65 bits per heavy atom. The van der Waals surface area contributed by atoms with Gasteiger partial charge >= 0.3 is 5.97 Å². The molecular formula is C20H30O3. The molecule has 0 spiro atoms. The van der Waals surface area contributed by atoms with Crippen molar-refractivity contribution in [2.75, 3.05) is 0 Å². The Balaban J connectivity index is 2.29. The average molecular weight is 318 g/mol. The van der Waals surface area contributed by atoms with Crippen LogP contribution in [-0.4, -0.2) is 16.9 Å². The highest BCUT2D eigenvalue weighted by molar-refractivity contribution is 5.95. The van der Waals surface area contributed by atoms with E-state index in [4.69, 9.17) is 5.11 Å². The molecule has 0 bridgehead atoms. The number of ketones is 1. The Morgan fingerprint density at radius 1 is 1.13 bits per heavy atom. The molecular weight excluding hydrogens is 288 g/mol. The summed E-state index contributed by atoms with van der Waals surface area (Å²) in [4.78, 5) is 22.4. The first-order valence-corrected chi connectivity index (χ1v) is 8.90. The van der Waals surface area contributed by atoms with Gasteiger partial charge in [-0.25, -0.2) is 0 Å². The third-order valence-corrected chi connectivity index (χ3v) is 4.21. The quantitative estimate of drug-likeness (QED) is 0.403. The molecule has 0 radical (unpaired) electrons. The van der Waals surface area contributed by atoms with Crippen molar-refractivity contribution >= 4 is 11.8 Å². The average Bonchev–Trinajstić information content (AvgIpc) is 2.86. The van der Waals surface area contributed by atoms with E-state index in [1.807, 2.05) is 18.2 Å². The van der Waals surface area contributed by atoms with Crippen LogP contribution in [0.25, 0.3) is 0 Å². The number of aliphatic carboxylic acids is 1. The zero-order valence-corrected chi connectivity index (χ0v) is 14.2. The van der Waals surface area contributed by atoms with Gasteiger partial charge in [0.1, 0.15) is 0 Å². The van der Waals surface area contributed by atoms with Gasteiger partial charge in [0.25, 0.3) is 0 Å². The summed E-state index contributed by atoms with van der Waals surface area (Å²) in [6, 6.07) is 0. The maximum Gasteiger partial charge on any atom is 0.303 e. The molecule has 128 valence electrons. The van der Waals surface area contributed by atoms with Crippen LogP contribution in [0.3, 0.4) is 0 Å². The van der Waals surface area contributed by atoms with Crippen molar-refractivity contribution in [2.45, 2.75) is 64.7 Å². The Bertz CT molecular complexity index is 446. The molecule has 1 aliphatic rings. The zero-order valence-electron chi connectivity index (χ0n) is 14.2. The smallest absolute Gasteiger partial charge is 0.303 e. The van der Waals surface area contributed by atoms with E-state index in [0.717, 1.165) is 19.3 Å². The van der Waals surface area contributed by atoms with Gasteiger partial charge in [-0.2, -0.15) is 0 Å². The summed E-state index contributed by atoms with van der Waals surface area (Å²) in [5.41, 5.74) is 0. The largest absolute Gasteiger partial charge is 0.481 e. The first-order valence-electron chi connectivity index (χ1n) is 8.90. The second-order valence-electron chi connectivity index (χ2n) is 6.22. The fraction of sp³-hybridized carbons (Fsp3) is 0.600. The molecule has 2 atom stereocenters. The van der Waals surface area contributed by atoms with Gasteiger partial charge in [-0.05, 0) is 38.2 Å². The highest BCUT2D eigenvalue weighted by Gasteiger charge is 2.26. The van der Waals surface area contributed by atoms with Crippen LogP contribution >= 0.6 is 0 Å². The molecule has 0 amide bonds. The second kappa shape index (κ2) is 11.9. The van der Waals surface area contributed by atoms with E-state index in [-0.39, 0.29) is 24.0 Å². The monoisotopic (exact) mass is 318 g/mol. The topological polar surface area (TPSA) is 54.4 Å². The zero-order chi connectivity index (χ0) is 16.9. The Kier molecular flexibility index (Phi) is 10.0. The first kappa shape index (κ1) is 19.4. The van der Waals surface area contributed by atoms with Crippen molar-refractivity contribution in [1.82, 2.24) is 0 Å². The van der Waals surface area contributed by atoms with E-state index in [9.17, 15) is 9.59 Å². The van der Waals surface area contributed by atoms with E-state index >= 15 is 0 Å². The fourth-order valence-electron chi connectivity index (χ4n) is 2.80. The number of allylic oxidation sites excluding steroid dienone is 6. The number of unbranched alkanes of at least 4 members (excludes halogenated alkanes) is 5. The number of carbonyl (C=O) groups is 2. The molecule has 3 heteroatoms. The molecule has 0 saturated carbocycles. The summed E-state index contributed by atoms with van der Waals surface area (Å²) in [6.07, 6.45) is 20.6. The minimum Gasteiger partial charge on any atom is -0.481 e. The predicted octanol–water partition coefficient (Wildman–Crippen LogP) is 5.09. The Morgan fingerprint density at radius 2 is 1.91 bits per heavy atom.